The molecule has 0 bridgehead atoms. The van der Waals surface area contributed by atoms with E-state index in [1.807, 2.05) is 0 Å². The molecule has 110 valence electrons. The Bertz CT molecular complexity index is 307. The molecule has 0 aromatic rings. The number of aliphatic hydroxyl groups is 2. The van der Waals surface area contributed by atoms with Crippen LogP contribution >= 0.6 is 0 Å². The maximum Gasteiger partial charge on any atom is 0.224 e. The molecule has 0 saturated carbocycles. The molecule has 0 saturated heterocycles. The lowest BCUT2D eigenvalue weighted by Gasteiger charge is -2.19. The third-order valence-electron chi connectivity index (χ3n) is 2.60. The van der Waals surface area contributed by atoms with E-state index in [1.165, 1.54) is 0 Å². The van der Waals surface area contributed by atoms with Gasteiger partial charge in [0.05, 0.1) is 19.1 Å². The standard InChI is InChI=1S/C13H24N2O4/c1-4-5-11(13(19)15-10(3)8-17)6-12(18)14-9(2)7-16/h4,9-11,16-17H,1,5-8H2,2-3H3,(H,14,18)(H,15,19). The van der Waals surface area contributed by atoms with Crippen molar-refractivity contribution in [3.63, 3.8) is 0 Å². The molecule has 0 spiro atoms. The summed E-state index contributed by atoms with van der Waals surface area (Å²) in [5, 5.41) is 22.9. The fourth-order valence-corrected chi connectivity index (χ4v) is 1.49. The summed E-state index contributed by atoms with van der Waals surface area (Å²) in [5.74, 6) is -1.09. The number of rotatable bonds is 9. The smallest absolute Gasteiger partial charge is 0.224 e. The van der Waals surface area contributed by atoms with Gasteiger partial charge in [0, 0.05) is 18.5 Å². The first-order chi connectivity index (χ1) is 8.94. The van der Waals surface area contributed by atoms with E-state index < -0.39 is 5.92 Å². The molecule has 4 N–H and O–H groups in total. The number of allylic oxidation sites excluding steroid dienone is 1. The predicted molar refractivity (Wildman–Crippen MR) is 72.3 cm³/mol. The summed E-state index contributed by atoms with van der Waals surface area (Å²) in [5.41, 5.74) is 0. The minimum absolute atomic E-state index is 0.0281. The Labute approximate surface area is 113 Å². The maximum atomic E-state index is 11.9. The maximum absolute atomic E-state index is 11.9. The average Bonchev–Trinajstić information content (AvgIpc) is 2.37. The van der Waals surface area contributed by atoms with Gasteiger partial charge in [-0.2, -0.15) is 0 Å². The van der Waals surface area contributed by atoms with Crippen LogP contribution in [0.1, 0.15) is 26.7 Å². The molecule has 0 aliphatic rings. The third kappa shape index (κ3) is 7.58. The summed E-state index contributed by atoms with van der Waals surface area (Å²) in [6, 6.07) is -0.685. The monoisotopic (exact) mass is 272 g/mol. The number of hydrogen-bond acceptors (Lipinski definition) is 4. The summed E-state index contributed by atoms with van der Waals surface area (Å²) in [7, 11) is 0. The summed E-state index contributed by atoms with van der Waals surface area (Å²) >= 11 is 0. The second-order valence-corrected chi connectivity index (χ2v) is 4.67. The first-order valence-electron chi connectivity index (χ1n) is 6.36. The Morgan fingerprint density at radius 2 is 1.68 bits per heavy atom. The number of aliphatic hydroxyl groups excluding tert-OH is 2. The highest BCUT2D eigenvalue weighted by Crippen LogP contribution is 2.10. The van der Waals surface area contributed by atoms with Crippen LogP contribution in [0.4, 0.5) is 0 Å². The summed E-state index contributed by atoms with van der Waals surface area (Å²) in [6.45, 7) is 6.62. The highest BCUT2D eigenvalue weighted by atomic mass is 16.3. The summed E-state index contributed by atoms with van der Waals surface area (Å²) in [4.78, 5) is 23.6. The average molecular weight is 272 g/mol. The van der Waals surface area contributed by atoms with Crippen LogP contribution in [-0.2, 0) is 9.59 Å². The van der Waals surface area contributed by atoms with Gasteiger partial charge in [-0.05, 0) is 20.3 Å². The first-order valence-corrected chi connectivity index (χ1v) is 6.36. The molecule has 3 atom stereocenters. The SMILES string of the molecule is C=CCC(CC(=O)NC(C)CO)C(=O)NC(C)CO. The number of carbonyl (C=O) groups is 2. The summed E-state index contributed by atoms with van der Waals surface area (Å²) in [6.07, 6.45) is 1.99. The topological polar surface area (TPSA) is 98.7 Å². The van der Waals surface area contributed by atoms with E-state index in [9.17, 15) is 9.59 Å². The van der Waals surface area contributed by atoms with Crippen LogP contribution in [0.3, 0.4) is 0 Å². The van der Waals surface area contributed by atoms with E-state index in [-0.39, 0.29) is 43.5 Å². The van der Waals surface area contributed by atoms with E-state index >= 15 is 0 Å². The van der Waals surface area contributed by atoms with Crippen LogP contribution < -0.4 is 10.6 Å². The fourth-order valence-electron chi connectivity index (χ4n) is 1.49. The third-order valence-corrected chi connectivity index (χ3v) is 2.60. The lowest BCUT2D eigenvalue weighted by Crippen LogP contribution is -2.42. The quantitative estimate of drug-likeness (QED) is 0.428. The molecular weight excluding hydrogens is 248 g/mol. The van der Waals surface area contributed by atoms with E-state index in [0.717, 1.165) is 0 Å². The lowest BCUT2D eigenvalue weighted by atomic mass is 9.99. The zero-order chi connectivity index (χ0) is 14.8. The Hall–Kier alpha value is -1.40. The van der Waals surface area contributed by atoms with Crippen LogP contribution in [0, 0.1) is 5.92 Å². The second-order valence-electron chi connectivity index (χ2n) is 4.67. The predicted octanol–water partition coefficient (Wildman–Crippen LogP) is -0.437. The Morgan fingerprint density at radius 1 is 1.16 bits per heavy atom. The van der Waals surface area contributed by atoms with Crippen LogP contribution in [0.2, 0.25) is 0 Å². The van der Waals surface area contributed by atoms with Gasteiger partial charge in [0.15, 0.2) is 0 Å². The van der Waals surface area contributed by atoms with Gasteiger partial charge >= 0.3 is 0 Å². The molecule has 6 heteroatoms. The molecule has 0 heterocycles. The zero-order valence-corrected chi connectivity index (χ0v) is 11.6. The zero-order valence-electron chi connectivity index (χ0n) is 11.6. The Kier molecular flexibility index (Phi) is 8.82. The van der Waals surface area contributed by atoms with Crippen LogP contribution in [0.15, 0.2) is 12.7 Å². The van der Waals surface area contributed by atoms with E-state index in [2.05, 4.69) is 17.2 Å². The molecule has 6 nitrogen and oxygen atoms in total. The molecule has 0 radical (unpaired) electrons. The molecule has 0 fully saturated rings. The normalized spacial score (nSPS) is 15.2. The fraction of sp³-hybridized carbons (Fsp3) is 0.692. The van der Waals surface area contributed by atoms with Crippen molar-refractivity contribution >= 4 is 11.8 Å². The van der Waals surface area contributed by atoms with E-state index in [4.69, 9.17) is 10.2 Å². The van der Waals surface area contributed by atoms with Crippen molar-refractivity contribution in [2.75, 3.05) is 13.2 Å². The van der Waals surface area contributed by atoms with Gasteiger partial charge in [-0.25, -0.2) is 0 Å². The molecule has 0 aromatic heterocycles. The summed E-state index contributed by atoms with van der Waals surface area (Å²) < 4.78 is 0. The Morgan fingerprint density at radius 3 is 2.16 bits per heavy atom. The lowest BCUT2D eigenvalue weighted by molar-refractivity contribution is -0.131. The molecular formula is C13H24N2O4. The van der Waals surface area contributed by atoms with E-state index in [0.29, 0.717) is 6.42 Å². The minimum Gasteiger partial charge on any atom is -0.394 e. The Balaban J connectivity index is 4.42. The van der Waals surface area contributed by atoms with Crippen LogP contribution in [0.5, 0.6) is 0 Å². The van der Waals surface area contributed by atoms with Gasteiger partial charge in [0.25, 0.3) is 0 Å². The van der Waals surface area contributed by atoms with Gasteiger partial charge in [0.1, 0.15) is 0 Å². The van der Waals surface area contributed by atoms with Crippen molar-refractivity contribution in [2.24, 2.45) is 5.92 Å². The molecule has 19 heavy (non-hydrogen) atoms. The van der Waals surface area contributed by atoms with E-state index in [1.54, 1.807) is 19.9 Å². The first kappa shape index (κ1) is 17.6. The van der Waals surface area contributed by atoms with Crippen molar-refractivity contribution in [1.82, 2.24) is 10.6 Å². The molecule has 0 rings (SSSR count). The number of nitrogens with one attached hydrogen (secondary N) is 2. The molecule has 3 unspecified atom stereocenters. The van der Waals surface area contributed by atoms with Gasteiger partial charge in [-0.1, -0.05) is 6.08 Å². The second kappa shape index (κ2) is 9.52. The van der Waals surface area contributed by atoms with Gasteiger partial charge in [0.2, 0.25) is 11.8 Å². The van der Waals surface area contributed by atoms with Gasteiger partial charge in [-0.3, -0.25) is 9.59 Å². The van der Waals surface area contributed by atoms with Crippen LogP contribution in [-0.4, -0.2) is 47.3 Å². The van der Waals surface area contributed by atoms with Gasteiger partial charge in [-0.15, -0.1) is 6.58 Å². The molecule has 0 aliphatic carbocycles. The highest BCUT2D eigenvalue weighted by molar-refractivity contribution is 5.86. The minimum atomic E-state index is -0.516. The van der Waals surface area contributed by atoms with Crippen molar-refractivity contribution < 1.29 is 19.8 Å². The molecule has 0 aromatic carbocycles. The largest absolute Gasteiger partial charge is 0.394 e. The van der Waals surface area contributed by atoms with Crippen molar-refractivity contribution in [1.29, 1.82) is 0 Å². The van der Waals surface area contributed by atoms with Crippen LogP contribution in [0.25, 0.3) is 0 Å². The number of hydrogen-bond donors (Lipinski definition) is 4. The molecule has 2 amide bonds. The van der Waals surface area contributed by atoms with Crippen molar-refractivity contribution in [2.45, 2.75) is 38.8 Å². The molecule has 0 aliphatic heterocycles. The number of amides is 2. The van der Waals surface area contributed by atoms with Crippen molar-refractivity contribution in [3.8, 4) is 0 Å². The van der Waals surface area contributed by atoms with Gasteiger partial charge < -0.3 is 20.8 Å². The highest BCUT2D eigenvalue weighted by Gasteiger charge is 2.22. The number of carbonyl (C=O) groups excluding carboxylic acids is 2. The van der Waals surface area contributed by atoms with Crippen molar-refractivity contribution in [3.05, 3.63) is 12.7 Å².